The number of carbonyl (C=O) groups is 1. The highest BCUT2D eigenvalue weighted by molar-refractivity contribution is 7.16. The second-order valence-corrected chi connectivity index (χ2v) is 8.12. The highest BCUT2D eigenvalue weighted by Gasteiger charge is 2.26. The number of hydrogen-bond acceptors (Lipinski definition) is 4. The molecule has 1 aromatic carbocycles. The molecule has 0 fully saturated rings. The summed E-state index contributed by atoms with van der Waals surface area (Å²) in [7, 11) is 0. The smallest absolute Gasteiger partial charge is 0.244 e. The van der Waals surface area contributed by atoms with Gasteiger partial charge in [-0.25, -0.2) is 0 Å². The summed E-state index contributed by atoms with van der Waals surface area (Å²) >= 11 is 1.59. The molecule has 0 radical (unpaired) electrons. The minimum absolute atomic E-state index is 0.0418. The summed E-state index contributed by atoms with van der Waals surface area (Å²) in [4.78, 5) is 16.0. The van der Waals surface area contributed by atoms with Crippen molar-refractivity contribution in [2.24, 2.45) is 5.92 Å². The Morgan fingerprint density at radius 2 is 2.24 bits per heavy atom. The molecule has 2 heterocycles. The first-order chi connectivity index (χ1) is 12.2. The Kier molecular flexibility index (Phi) is 4.22. The van der Waals surface area contributed by atoms with Crippen LogP contribution in [-0.4, -0.2) is 19.0 Å². The zero-order chi connectivity index (χ0) is 17.4. The van der Waals surface area contributed by atoms with Gasteiger partial charge < -0.3 is 10.2 Å². The van der Waals surface area contributed by atoms with Crippen molar-refractivity contribution in [2.75, 3.05) is 23.3 Å². The lowest BCUT2D eigenvalue weighted by Crippen LogP contribution is -2.31. The van der Waals surface area contributed by atoms with Crippen LogP contribution in [0.2, 0.25) is 0 Å². The zero-order valence-corrected chi connectivity index (χ0v) is 15.2. The molecule has 0 saturated carbocycles. The Hall–Kier alpha value is -2.32. The minimum Gasteiger partial charge on any atom is -0.362 e. The molecule has 0 spiro atoms. The van der Waals surface area contributed by atoms with E-state index in [0.717, 1.165) is 48.5 Å². The second kappa shape index (κ2) is 6.53. The van der Waals surface area contributed by atoms with E-state index in [-0.39, 0.29) is 5.91 Å². The molecule has 1 aliphatic carbocycles. The Labute approximate surface area is 152 Å². The van der Waals surface area contributed by atoms with E-state index in [4.69, 9.17) is 0 Å². The van der Waals surface area contributed by atoms with Crippen LogP contribution in [0.3, 0.4) is 0 Å². The Balaban J connectivity index is 1.50. The van der Waals surface area contributed by atoms with Gasteiger partial charge in [-0.3, -0.25) is 4.79 Å². The van der Waals surface area contributed by atoms with Crippen LogP contribution in [0.1, 0.15) is 34.9 Å². The first kappa shape index (κ1) is 16.2. The van der Waals surface area contributed by atoms with Gasteiger partial charge in [0.1, 0.15) is 11.1 Å². The van der Waals surface area contributed by atoms with Crippen LogP contribution >= 0.6 is 11.3 Å². The number of amides is 1. The first-order valence-corrected chi connectivity index (χ1v) is 9.64. The monoisotopic (exact) mass is 351 g/mol. The number of thiophene rings is 1. The molecule has 0 saturated heterocycles. The summed E-state index contributed by atoms with van der Waals surface area (Å²) < 4.78 is 0. The van der Waals surface area contributed by atoms with E-state index in [2.05, 4.69) is 35.3 Å². The molecule has 2 aromatic rings. The standard InChI is InChI=1S/C20H21N3OS/c1-13-6-7-15-16(11-21)20(25-18(15)10-13)22-19(24)12-23-9-8-14-4-2-3-5-17(14)23/h2-5,13H,6-10,12H2,1H3,(H,22,24)/t13-/m1/s1. The van der Waals surface area contributed by atoms with Gasteiger partial charge in [0.2, 0.25) is 5.91 Å². The van der Waals surface area contributed by atoms with Crippen LogP contribution in [0, 0.1) is 17.2 Å². The highest BCUT2D eigenvalue weighted by atomic mass is 32.1. The fraction of sp³-hybridized carbons (Fsp3) is 0.400. The van der Waals surface area contributed by atoms with Crippen LogP contribution in [-0.2, 0) is 24.1 Å². The van der Waals surface area contributed by atoms with Gasteiger partial charge in [-0.2, -0.15) is 5.26 Å². The summed E-state index contributed by atoms with van der Waals surface area (Å²) in [5, 5.41) is 13.3. The lowest BCUT2D eigenvalue weighted by atomic mass is 9.89. The number of benzene rings is 1. The number of anilines is 2. The number of nitrogens with zero attached hydrogens (tertiary/aromatic N) is 2. The number of nitriles is 1. The lowest BCUT2D eigenvalue weighted by molar-refractivity contribution is -0.114. The molecular weight excluding hydrogens is 330 g/mol. The second-order valence-electron chi connectivity index (χ2n) is 7.02. The quantitative estimate of drug-likeness (QED) is 0.916. The fourth-order valence-corrected chi connectivity index (χ4v) is 5.24. The predicted molar refractivity (Wildman–Crippen MR) is 101 cm³/mol. The van der Waals surface area contributed by atoms with Gasteiger partial charge in [0.25, 0.3) is 0 Å². The summed E-state index contributed by atoms with van der Waals surface area (Å²) in [5.41, 5.74) is 4.29. The van der Waals surface area contributed by atoms with E-state index in [1.54, 1.807) is 11.3 Å². The van der Waals surface area contributed by atoms with Crippen LogP contribution in [0.4, 0.5) is 10.7 Å². The van der Waals surface area contributed by atoms with Crippen molar-refractivity contribution in [2.45, 2.75) is 32.6 Å². The van der Waals surface area contributed by atoms with Crippen LogP contribution in [0.5, 0.6) is 0 Å². The van der Waals surface area contributed by atoms with Gasteiger partial charge in [0.05, 0.1) is 12.1 Å². The Bertz CT molecular complexity index is 864. The Morgan fingerprint density at radius 1 is 1.40 bits per heavy atom. The number of carbonyl (C=O) groups excluding carboxylic acids is 1. The van der Waals surface area contributed by atoms with Crippen LogP contribution in [0.25, 0.3) is 0 Å². The number of rotatable bonds is 3. The maximum Gasteiger partial charge on any atom is 0.244 e. The van der Waals surface area contributed by atoms with E-state index in [9.17, 15) is 10.1 Å². The number of fused-ring (bicyclic) bond motifs is 2. The van der Waals surface area contributed by atoms with Crippen molar-refractivity contribution in [3.63, 3.8) is 0 Å². The summed E-state index contributed by atoms with van der Waals surface area (Å²) in [6, 6.07) is 10.6. The maximum atomic E-state index is 12.6. The van der Waals surface area contributed by atoms with Gasteiger partial charge in [-0.15, -0.1) is 11.3 Å². The Morgan fingerprint density at radius 3 is 3.08 bits per heavy atom. The molecule has 0 bridgehead atoms. The average molecular weight is 351 g/mol. The zero-order valence-electron chi connectivity index (χ0n) is 14.3. The van der Waals surface area contributed by atoms with Gasteiger partial charge in [-0.1, -0.05) is 25.1 Å². The summed E-state index contributed by atoms with van der Waals surface area (Å²) in [6.07, 6.45) is 4.07. The molecule has 1 N–H and O–H groups in total. The highest BCUT2D eigenvalue weighted by Crippen LogP contribution is 2.39. The van der Waals surface area contributed by atoms with Crippen LogP contribution < -0.4 is 10.2 Å². The molecular formula is C20H21N3OS. The predicted octanol–water partition coefficient (Wildman–Crippen LogP) is 3.75. The molecule has 25 heavy (non-hydrogen) atoms. The third kappa shape index (κ3) is 3.03. The van der Waals surface area contributed by atoms with Crippen molar-refractivity contribution >= 4 is 27.9 Å². The maximum absolute atomic E-state index is 12.6. The molecule has 2 aliphatic rings. The van der Waals surface area contributed by atoms with Crippen molar-refractivity contribution in [3.05, 3.63) is 45.8 Å². The number of nitrogens with one attached hydrogen (secondary N) is 1. The number of hydrogen-bond donors (Lipinski definition) is 1. The third-order valence-electron chi connectivity index (χ3n) is 5.19. The van der Waals surface area contributed by atoms with E-state index in [1.165, 1.54) is 10.4 Å². The molecule has 0 unspecified atom stereocenters. The van der Waals surface area contributed by atoms with Gasteiger partial charge in [-0.05, 0) is 48.8 Å². The van der Waals surface area contributed by atoms with Crippen molar-refractivity contribution in [1.29, 1.82) is 5.26 Å². The summed E-state index contributed by atoms with van der Waals surface area (Å²) in [6.45, 7) is 3.45. The largest absolute Gasteiger partial charge is 0.362 e. The van der Waals surface area contributed by atoms with Gasteiger partial charge >= 0.3 is 0 Å². The molecule has 5 heteroatoms. The van der Waals surface area contributed by atoms with E-state index in [1.807, 2.05) is 12.1 Å². The van der Waals surface area contributed by atoms with Crippen molar-refractivity contribution in [1.82, 2.24) is 0 Å². The molecule has 1 aliphatic heterocycles. The molecule has 1 amide bonds. The minimum atomic E-state index is -0.0418. The van der Waals surface area contributed by atoms with Gasteiger partial charge in [0, 0.05) is 17.1 Å². The molecule has 4 nitrogen and oxygen atoms in total. The molecule has 4 rings (SSSR count). The normalized spacial score (nSPS) is 18.4. The molecule has 1 aromatic heterocycles. The molecule has 128 valence electrons. The fourth-order valence-electron chi connectivity index (χ4n) is 3.87. The van der Waals surface area contributed by atoms with E-state index < -0.39 is 0 Å². The third-order valence-corrected chi connectivity index (χ3v) is 6.36. The van der Waals surface area contributed by atoms with Gasteiger partial charge in [0.15, 0.2) is 0 Å². The van der Waals surface area contributed by atoms with Crippen molar-refractivity contribution < 1.29 is 4.79 Å². The SMILES string of the molecule is C[C@@H]1CCc2c(sc(NC(=O)CN3CCc4ccccc43)c2C#N)C1. The van der Waals surface area contributed by atoms with E-state index >= 15 is 0 Å². The number of para-hydroxylation sites is 1. The van der Waals surface area contributed by atoms with Crippen LogP contribution in [0.15, 0.2) is 24.3 Å². The average Bonchev–Trinajstić information content (AvgIpc) is 3.15. The van der Waals surface area contributed by atoms with Crippen molar-refractivity contribution in [3.8, 4) is 6.07 Å². The first-order valence-electron chi connectivity index (χ1n) is 8.83. The summed E-state index contributed by atoms with van der Waals surface area (Å²) in [5.74, 6) is 0.613. The lowest BCUT2D eigenvalue weighted by Gasteiger charge is -2.18. The van der Waals surface area contributed by atoms with E-state index in [0.29, 0.717) is 18.0 Å². The topological polar surface area (TPSA) is 56.1 Å². The molecule has 1 atom stereocenters.